The van der Waals surface area contributed by atoms with Crippen LogP contribution in [-0.2, 0) is 9.84 Å². The molecule has 0 atom stereocenters. The number of anilines is 2. The molecule has 1 aliphatic heterocycles. The quantitative estimate of drug-likeness (QED) is 0.349. The van der Waals surface area contributed by atoms with Crippen molar-refractivity contribution in [1.29, 1.82) is 0 Å². The molecule has 0 radical (unpaired) electrons. The van der Waals surface area contributed by atoms with Crippen LogP contribution in [0.5, 0.6) is 0 Å². The molecule has 3 aromatic rings. The summed E-state index contributed by atoms with van der Waals surface area (Å²) in [6.45, 7) is 1.86. The fourth-order valence-corrected chi connectivity index (χ4v) is 5.24. The highest BCUT2D eigenvalue weighted by atomic mass is 35.5. The number of hydrogen-bond donors (Lipinski definition) is 0. The van der Waals surface area contributed by atoms with E-state index in [0.717, 1.165) is 23.8 Å². The lowest BCUT2D eigenvalue weighted by molar-refractivity contribution is 0.104. The van der Waals surface area contributed by atoms with E-state index in [0.29, 0.717) is 15.7 Å². The number of nitrogens with zero attached hydrogens (tertiary/aromatic N) is 1. The summed E-state index contributed by atoms with van der Waals surface area (Å²) in [6, 6.07) is 14.5. The van der Waals surface area contributed by atoms with Crippen LogP contribution in [0.15, 0.2) is 76.7 Å². The predicted molar refractivity (Wildman–Crippen MR) is 116 cm³/mol. The molecule has 0 unspecified atom stereocenters. The zero-order valence-corrected chi connectivity index (χ0v) is 17.9. The van der Waals surface area contributed by atoms with Crippen molar-refractivity contribution in [1.82, 2.24) is 0 Å². The van der Waals surface area contributed by atoms with Crippen LogP contribution in [0.1, 0.15) is 15.9 Å². The zero-order chi connectivity index (χ0) is 21.6. The number of ketones is 1. The summed E-state index contributed by atoms with van der Waals surface area (Å²) in [6.07, 6.45) is 1.18. The minimum Gasteiger partial charge on any atom is -0.314 e. The van der Waals surface area contributed by atoms with Crippen LogP contribution < -0.4 is 4.90 Å². The van der Waals surface area contributed by atoms with Gasteiger partial charge in [-0.05, 0) is 43.3 Å². The zero-order valence-electron chi connectivity index (χ0n) is 15.6. The molecular weight excluding hydrogens is 448 g/mol. The first-order valence-electron chi connectivity index (χ1n) is 8.80. The van der Waals surface area contributed by atoms with Crippen molar-refractivity contribution in [2.75, 3.05) is 4.90 Å². The Morgan fingerprint density at radius 2 is 1.57 bits per heavy atom. The first kappa shape index (κ1) is 20.6. The number of carbonyl (C=O) groups excluding carboxylic acids is 1. The average molecular weight is 462 g/mol. The summed E-state index contributed by atoms with van der Waals surface area (Å²) in [4.78, 5) is 13.9. The van der Waals surface area contributed by atoms with Gasteiger partial charge in [-0.15, -0.1) is 0 Å². The Hall–Kier alpha value is -2.67. The van der Waals surface area contributed by atoms with Crippen molar-refractivity contribution in [2.45, 2.75) is 11.8 Å². The Kier molecular flexibility index (Phi) is 5.18. The van der Waals surface area contributed by atoms with Crippen molar-refractivity contribution in [3.8, 4) is 0 Å². The summed E-state index contributed by atoms with van der Waals surface area (Å²) in [5, 5.41) is 0.618. The van der Waals surface area contributed by atoms with Gasteiger partial charge in [-0.25, -0.2) is 12.8 Å². The average Bonchev–Trinajstić information content (AvgIpc) is 2.67. The molecule has 8 heteroatoms. The van der Waals surface area contributed by atoms with Gasteiger partial charge in [0.15, 0.2) is 0 Å². The number of sulfone groups is 1. The van der Waals surface area contributed by atoms with Crippen LogP contribution in [0, 0.1) is 12.7 Å². The number of halogens is 3. The maximum atomic E-state index is 14.0. The molecule has 0 saturated heterocycles. The lowest BCUT2D eigenvalue weighted by Gasteiger charge is -2.29. The number of hydrogen-bond acceptors (Lipinski definition) is 4. The van der Waals surface area contributed by atoms with Gasteiger partial charge in [0.1, 0.15) is 10.7 Å². The van der Waals surface area contributed by atoms with E-state index in [1.165, 1.54) is 17.2 Å². The first-order chi connectivity index (χ1) is 14.2. The van der Waals surface area contributed by atoms with E-state index >= 15 is 0 Å². The predicted octanol–water partition coefficient (Wildman–Crippen LogP) is 6.09. The molecule has 0 bridgehead atoms. The second kappa shape index (κ2) is 7.54. The molecule has 0 aliphatic carbocycles. The molecule has 1 aliphatic rings. The van der Waals surface area contributed by atoms with E-state index in [1.807, 2.05) is 6.92 Å². The standard InChI is InChI=1S/C22H14Cl2FNO3S/c1-13-2-4-14(5-3-13)22(27)21-12-26(18-9-15(23)8-16(24)10-18)19-11-17(25)6-7-20(19)30(21,28)29/h2-12H,1H3. The van der Waals surface area contributed by atoms with Gasteiger partial charge in [-0.2, -0.15) is 0 Å². The third-order valence-electron chi connectivity index (χ3n) is 4.67. The van der Waals surface area contributed by atoms with E-state index in [2.05, 4.69) is 0 Å². The molecule has 4 nitrogen and oxygen atoms in total. The van der Waals surface area contributed by atoms with Crippen molar-refractivity contribution in [3.63, 3.8) is 0 Å². The largest absolute Gasteiger partial charge is 0.314 e. The Morgan fingerprint density at radius 3 is 2.20 bits per heavy atom. The van der Waals surface area contributed by atoms with E-state index < -0.39 is 26.3 Å². The van der Waals surface area contributed by atoms with Crippen LogP contribution in [0.3, 0.4) is 0 Å². The Labute approximate surface area is 183 Å². The van der Waals surface area contributed by atoms with Crippen molar-refractivity contribution in [2.24, 2.45) is 0 Å². The van der Waals surface area contributed by atoms with E-state index in [-0.39, 0.29) is 16.1 Å². The molecular formula is C22H14Cl2FNO3S. The fraction of sp³-hybridized carbons (Fsp3) is 0.0455. The van der Waals surface area contributed by atoms with Gasteiger partial charge < -0.3 is 4.90 Å². The summed E-state index contributed by atoms with van der Waals surface area (Å²) in [5.74, 6) is -1.29. The van der Waals surface area contributed by atoms with Crippen LogP contribution in [0.2, 0.25) is 10.0 Å². The minimum atomic E-state index is -4.18. The number of carbonyl (C=O) groups is 1. The Bertz CT molecular complexity index is 1300. The SMILES string of the molecule is Cc1ccc(C(=O)C2=CN(c3cc(Cl)cc(Cl)c3)c3cc(F)ccc3S2(=O)=O)cc1. The van der Waals surface area contributed by atoms with Crippen molar-refractivity contribution < 1.29 is 17.6 Å². The molecule has 0 spiro atoms. The highest BCUT2D eigenvalue weighted by Gasteiger charge is 2.36. The number of fused-ring (bicyclic) bond motifs is 1. The fourth-order valence-electron chi connectivity index (χ4n) is 3.20. The topological polar surface area (TPSA) is 54.5 Å². The molecule has 4 rings (SSSR count). The summed E-state index contributed by atoms with van der Waals surface area (Å²) in [7, 11) is -4.18. The maximum absolute atomic E-state index is 14.0. The van der Waals surface area contributed by atoms with Crippen LogP contribution >= 0.6 is 23.2 Å². The van der Waals surface area contributed by atoms with Gasteiger partial charge in [-0.1, -0.05) is 53.0 Å². The van der Waals surface area contributed by atoms with Crippen molar-refractivity contribution >= 4 is 50.2 Å². The third-order valence-corrected chi connectivity index (χ3v) is 6.90. The first-order valence-corrected chi connectivity index (χ1v) is 11.0. The summed E-state index contributed by atoms with van der Waals surface area (Å²) < 4.78 is 40.4. The van der Waals surface area contributed by atoms with E-state index in [9.17, 15) is 17.6 Å². The lowest BCUT2D eigenvalue weighted by Crippen LogP contribution is -2.26. The monoisotopic (exact) mass is 461 g/mol. The molecule has 30 heavy (non-hydrogen) atoms. The highest BCUT2D eigenvalue weighted by Crippen LogP contribution is 2.42. The number of rotatable bonds is 3. The molecule has 152 valence electrons. The number of aryl methyl sites for hydroxylation is 1. The second-order valence-corrected chi connectivity index (χ2v) is 9.56. The lowest BCUT2D eigenvalue weighted by atomic mass is 10.1. The Morgan fingerprint density at radius 1 is 0.933 bits per heavy atom. The van der Waals surface area contributed by atoms with Crippen LogP contribution in [0.25, 0.3) is 0 Å². The number of allylic oxidation sites excluding steroid dienone is 1. The van der Waals surface area contributed by atoms with Crippen molar-refractivity contribution in [3.05, 3.63) is 98.8 Å². The number of Topliss-reactive ketones (excluding diaryl/α,β-unsaturated/α-hetero) is 1. The third kappa shape index (κ3) is 3.62. The van der Waals surface area contributed by atoms with Gasteiger partial charge >= 0.3 is 0 Å². The summed E-state index contributed by atoms with van der Waals surface area (Å²) in [5.41, 5.74) is 1.62. The van der Waals surface area contributed by atoms with Gasteiger partial charge in [0.2, 0.25) is 15.6 Å². The molecule has 0 saturated carbocycles. The van der Waals surface area contributed by atoms with Gasteiger partial charge in [0.05, 0.1) is 10.6 Å². The van der Waals surface area contributed by atoms with Gasteiger partial charge in [-0.3, -0.25) is 4.79 Å². The smallest absolute Gasteiger partial charge is 0.214 e. The van der Waals surface area contributed by atoms with E-state index in [1.54, 1.807) is 36.4 Å². The maximum Gasteiger partial charge on any atom is 0.214 e. The van der Waals surface area contributed by atoms with Gasteiger partial charge in [0.25, 0.3) is 0 Å². The Balaban J connectivity index is 1.96. The van der Waals surface area contributed by atoms with Crippen LogP contribution in [-0.4, -0.2) is 14.2 Å². The van der Waals surface area contributed by atoms with E-state index in [4.69, 9.17) is 23.2 Å². The summed E-state index contributed by atoms with van der Waals surface area (Å²) >= 11 is 12.2. The molecule has 0 N–H and O–H groups in total. The molecule has 0 aromatic heterocycles. The molecule has 0 fully saturated rings. The molecule has 0 amide bonds. The number of benzene rings is 3. The molecule has 3 aromatic carbocycles. The van der Waals surface area contributed by atoms with Gasteiger partial charge in [0, 0.05) is 27.5 Å². The normalized spacial score (nSPS) is 14.8. The second-order valence-electron chi connectivity index (χ2n) is 6.80. The van der Waals surface area contributed by atoms with Crippen LogP contribution in [0.4, 0.5) is 15.8 Å². The highest BCUT2D eigenvalue weighted by molar-refractivity contribution is 7.96. The minimum absolute atomic E-state index is 0.0637. The molecule has 1 heterocycles.